The molecule has 1 aromatic heterocycles. The highest BCUT2D eigenvalue weighted by Crippen LogP contribution is 2.25. The molecule has 0 amide bonds. The van der Waals surface area contributed by atoms with Crippen LogP contribution in [0.25, 0.3) is 0 Å². The highest BCUT2D eigenvalue weighted by molar-refractivity contribution is 5.85. The molecule has 1 saturated heterocycles. The Kier molecular flexibility index (Phi) is 4.04. The van der Waals surface area contributed by atoms with Crippen molar-refractivity contribution in [3.05, 3.63) is 24.0 Å². The zero-order chi connectivity index (χ0) is 13.1. The zero-order valence-electron chi connectivity index (χ0n) is 10.6. The molecule has 0 spiro atoms. The molecule has 0 saturated carbocycles. The molecule has 2 N–H and O–H groups in total. The second-order valence-electron chi connectivity index (χ2n) is 4.90. The minimum atomic E-state index is -0.869. The Hall–Kier alpha value is -1.33. The molecule has 1 aliphatic rings. The van der Waals surface area contributed by atoms with E-state index in [0.717, 1.165) is 25.9 Å². The number of piperidine rings is 1. The Morgan fingerprint density at radius 1 is 1.50 bits per heavy atom. The first-order valence-corrected chi connectivity index (χ1v) is 6.38. The number of carbonyl (C=O) groups is 1. The third-order valence-corrected chi connectivity index (χ3v) is 3.78. The summed E-state index contributed by atoms with van der Waals surface area (Å²) in [5, 5.41) is 18.2. The summed E-state index contributed by atoms with van der Waals surface area (Å²) in [6, 6.07) is 3.87. The van der Waals surface area contributed by atoms with Crippen molar-refractivity contribution in [2.24, 2.45) is 0 Å². The average molecular weight is 252 g/mol. The highest BCUT2D eigenvalue weighted by atomic mass is 16.4. The van der Waals surface area contributed by atoms with Crippen LogP contribution < -0.4 is 0 Å². The molecule has 2 heterocycles. The fraction of sp³-hybridized carbons (Fsp3) is 0.615. The van der Waals surface area contributed by atoms with Gasteiger partial charge in [0.25, 0.3) is 0 Å². The summed E-state index contributed by atoms with van der Waals surface area (Å²) in [7, 11) is 0. The Morgan fingerprint density at radius 2 is 2.17 bits per heavy atom. The van der Waals surface area contributed by atoms with Crippen LogP contribution in [-0.2, 0) is 0 Å². The number of rotatable bonds is 4. The van der Waals surface area contributed by atoms with Gasteiger partial charge in [-0.05, 0) is 31.9 Å². The van der Waals surface area contributed by atoms with E-state index in [1.807, 2.05) is 17.7 Å². The van der Waals surface area contributed by atoms with Crippen molar-refractivity contribution in [2.45, 2.75) is 31.8 Å². The summed E-state index contributed by atoms with van der Waals surface area (Å²) in [6.45, 7) is 4.00. The Labute approximate surface area is 107 Å². The van der Waals surface area contributed by atoms with Crippen molar-refractivity contribution >= 4 is 5.97 Å². The van der Waals surface area contributed by atoms with E-state index in [1.165, 1.54) is 0 Å². The first-order chi connectivity index (χ1) is 8.63. The second kappa shape index (κ2) is 5.54. The number of aliphatic hydroxyl groups excluding tert-OH is 1. The molecular formula is C13H20N2O3. The Morgan fingerprint density at radius 3 is 2.72 bits per heavy atom. The first-order valence-electron chi connectivity index (χ1n) is 6.38. The maximum Gasteiger partial charge on any atom is 0.352 e. The van der Waals surface area contributed by atoms with E-state index >= 15 is 0 Å². The van der Waals surface area contributed by atoms with Gasteiger partial charge in [-0.1, -0.05) is 0 Å². The van der Waals surface area contributed by atoms with Crippen LogP contribution in [0.2, 0.25) is 0 Å². The number of likely N-dealkylation sites (tertiary alicyclic amines) is 1. The lowest BCUT2D eigenvalue weighted by molar-refractivity contribution is 0.0671. The summed E-state index contributed by atoms with van der Waals surface area (Å²) in [6.07, 6.45) is 3.71. The minimum Gasteiger partial charge on any atom is -0.477 e. The van der Waals surface area contributed by atoms with Crippen LogP contribution in [-0.4, -0.2) is 51.4 Å². The Bertz CT molecular complexity index is 408. The van der Waals surface area contributed by atoms with Crippen LogP contribution in [0.5, 0.6) is 0 Å². The molecule has 18 heavy (non-hydrogen) atoms. The van der Waals surface area contributed by atoms with Crippen LogP contribution in [0, 0.1) is 0 Å². The zero-order valence-corrected chi connectivity index (χ0v) is 10.6. The van der Waals surface area contributed by atoms with E-state index in [2.05, 4.69) is 4.90 Å². The molecule has 0 radical (unpaired) electrons. The van der Waals surface area contributed by atoms with Gasteiger partial charge in [-0.15, -0.1) is 0 Å². The summed E-state index contributed by atoms with van der Waals surface area (Å²) in [4.78, 5) is 13.3. The van der Waals surface area contributed by atoms with Gasteiger partial charge in [-0.25, -0.2) is 4.79 Å². The molecule has 0 bridgehead atoms. The van der Waals surface area contributed by atoms with Gasteiger partial charge in [0, 0.05) is 31.4 Å². The predicted octanol–water partition coefficient (Wildman–Crippen LogP) is 1.20. The van der Waals surface area contributed by atoms with Gasteiger partial charge in [-0.2, -0.15) is 0 Å². The van der Waals surface area contributed by atoms with Gasteiger partial charge >= 0.3 is 5.97 Å². The van der Waals surface area contributed by atoms with Gasteiger partial charge < -0.3 is 14.8 Å². The third-order valence-electron chi connectivity index (χ3n) is 3.78. The molecule has 5 nitrogen and oxygen atoms in total. The molecule has 1 atom stereocenters. The summed E-state index contributed by atoms with van der Waals surface area (Å²) in [5.74, 6) is -0.869. The maximum absolute atomic E-state index is 11.1. The number of hydrogen-bond acceptors (Lipinski definition) is 3. The van der Waals surface area contributed by atoms with E-state index in [1.54, 1.807) is 12.1 Å². The largest absolute Gasteiger partial charge is 0.477 e. The smallest absolute Gasteiger partial charge is 0.352 e. The van der Waals surface area contributed by atoms with Crippen molar-refractivity contribution in [3.8, 4) is 0 Å². The minimum absolute atomic E-state index is 0.175. The van der Waals surface area contributed by atoms with E-state index in [9.17, 15) is 4.79 Å². The normalized spacial score (nSPS) is 19.9. The second-order valence-corrected chi connectivity index (χ2v) is 4.90. The standard InChI is InChI=1S/C13H20N2O3/c1-10(9-16)14-7-4-11(5-8-14)15-6-2-3-12(15)13(17)18/h2-3,6,10-11,16H,4-5,7-9H2,1H3,(H,17,18). The number of carboxylic acid groups (broad SMARTS) is 1. The fourth-order valence-corrected chi connectivity index (χ4v) is 2.61. The van der Waals surface area contributed by atoms with Crippen molar-refractivity contribution < 1.29 is 15.0 Å². The van der Waals surface area contributed by atoms with E-state index in [0.29, 0.717) is 5.69 Å². The van der Waals surface area contributed by atoms with Gasteiger partial charge in [0.1, 0.15) is 5.69 Å². The first kappa shape index (κ1) is 13.1. The third kappa shape index (κ3) is 2.57. The van der Waals surface area contributed by atoms with Crippen molar-refractivity contribution in [1.82, 2.24) is 9.47 Å². The molecule has 5 heteroatoms. The predicted molar refractivity (Wildman–Crippen MR) is 67.8 cm³/mol. The van der Waals surface area contributed by atoms with Crippen LogP contribution in [0.15, 0.2) is 18.3 Å². The molecule has 1 fully saturated rings. The van der Waals surface area contributed by atoms with Crippen LogP contribution in [0.1, 0.15) is 36.3 Å². The average Bonchev–Trinajstić information content (AvgIpc) is 2.87. The number of aromatic carboxylic acids is 1. The van der Waals surface area contributed by atoms with Crippen molar-refractivity contribution in [2.75, 3.05) is 19.7 Å². The van der Waals surface area contributed by atoms with Gasteiger partial charge in [0.2, 0.25) is 0 Å². The quantitative estimate of drug-likeness (QED) is 0.845. The number of hydrogen-bond donors (Lipinski definition) is 2. The number of nitrogens with zero attached hydrogens (tertiary/aromatic N) is 2. The molecule has 1 unspecified atom stereocenters. The Balaban J connectivity index is 2.01. The van der Waals surface area contributed by atoms with Gasteiger partial charge in [-0.3, -0.25) is 4.90 Å². The highest BCUT2D eigenvalue weighted by Gasteiger charge is 2.25. The number of aromatic nitrogens is 1. The monoisotopic (exact) mass is 252 g/mol. The molecular weight excluding hydrogens is 232 g/mol. The van der Waals surface area contributed by atoms with Gasteiger partial charge in [0.05, 0.1) is 6.61 Å². The SMILES string of the molecule is CC(CO)N1CCC(n2cccc2C(=O)O)CC1. The maximum atomic E-state index is 11.1. The molecule has 0 aromatic carbocycles. The molecule has 0 aliphatic carbocycles. The van der Waals surface area contributed by atoms with E-state index in [4.69, 9.17) is 10.2 Å². The van der Waals surface area contributed by atoms with Crippen LogP contribution in [0.4, 0.5) is 0 Å². The lowest BCUT2D eigenvalue weighted by atomic mass is 10.0. The summed E-state index contributed by atoms with van der Waals surface area (Å²) in [5.41, 5.74) is 0.364. The molecule has 100 valence electrons. The van der Waals surface area contributed by atoms with Gasteiger partial charge in [0.15, 0.2) is 0 Å². The number of aliphatic hydroxyl groups is 1. The van der Waals surface area contributed by atoms with Crippen molar-refractivity contribution in [3.63, 3.8) is 0 Å². The molecule has 1 aromatic rings. The van der Waals surface area contributed by atoms with E-state index in [-0.39, 0.29) is 18.7 Å². The lowest BCUT2D eigenvalue weighted by Crippen LogP contribution is -2.42. The van der Waals surface area contributed by atoms with Crippen LogP contribution >= 0.6 is 0 Å². The topological polar surface area (TPSA) is 65.7 Å². The van der Waals surface area contributed by atoms with Crippen LogP contribution in [0.3, 0.4) is 0 Å². The number of carboxylic acids is 1. The van der Waals surface area contributed by atoms with Crippen molar-refractivity contribution in [1.29, 1.82) is 0 Å². The molecule has 1 aliphatic heterocycles. The molecule has 2 rings (SSSR count). The fourth-order valence-electron chi connectivity index (χ4n) is 2.61. The summed E-state index contributed by atoms with van der Waals surface area (Å²) >= 11 is 0. The van der Waals surface area contributed by atoms with E-state index < -0.39 is 5.97 Å². The summed E-state index contributed by atoms with van der Waals surface area (Å²) < 4.78 is 1.86. The lowest BCUT2D eigenvalue weighted by Gasteiger charge is -2.36.